The first-order valence-corrected chi connectivity index (χ1v) is 11.0. The lowest BCUT2D eigenvalue weighted by molar-refractivity contribution is 0.0476. The quantitative estimate of drug-likeness (QED) is 0.255. The van der Waals surface area contributed by atoms with Crippen molar-refractivity contribution in [3.8, 4) is 10.6 Å². The maximum atomic E-state index is 13.0. The van der Waals surface area contributed by atoms with Crippen molar-refractivity contribution in [2.45, 2.75) is 20.8 Å². The Labute approximate surface area is 189 Å². The number of carbonyl (C=O) groups excluding carboxylic acids is 2. The predicted molar refractivity (Wildman–Crippen MR) is 125 cm³/mol. The molecule has 0 N–H and O–H groups in total. The average molecular weight is 450 g/mol. The number of thiophene rings is 1. The lowest BCUT2D eigenvalue weighted by Gasteiger charge is -2.12. The van der Waals surface area contributed by atoms with E-state index in [1.807, 2.05) is 50.4 Å². The number of ketones is 1. The van der Waals surface area contributed by atoms with Gasteiger partial charge in [-0.2, -0.15) is 0 Å². The van der Waals surface area contributed by atoms with Crippen molar-refractivity contribution in [1.29, 1.82) is 0 Å². The minimum Gasteiger partial charge on any atom is -0.454 e. The Hall–Kier alpha value is -3.02. The van der Waals surface area contributed by atoms with Gasteiger partial charge in [0.2, 0.25) is 0 Å². The number of hydrogen-bond acceptors (Lipinski definition) is 5. The van der Waals surface area contributed by atoms with Crippen LogP contribution in [0.1, 0.15) is 37.4 Å². The van der Waals surface area contributed by atoms with E-state index >= 15 is 0 Å². The number of halogens is 1. The number of esters is 1. The van der Waals surface area contributed by atoms with Crippen molar-refractivity contribution >= 4 is 45.6 Å². The Balaban J connectivity index is 1.67. The second-order valence-corrected chi connectivity index (χ2v) is 8.75. The molecule has 0 saturated carbocycles. The molecular formula is C25H20ClNO3S. The largest absolute Gasteiger partial charge is 0.454 e. The van der Waals surface area contributed by atoms with Gasteiger partial charge in [-0.05, 0) is 67.1 Å². The number of benzene rings is 2. The van der Waals surface area contributed by atoms with Gasteiger partial charge in [-0.3, -0.25) is 4.79 Å². The number of Topliss-reactive ketones (excluding diaryl/α,β-unsaturated/α-hetero) is 1. The van der Waals surface area contributed by atoms with Gasteiger partial charge in [-0.25, -0.2) is 9.78 Å². The number of carbonyl (C=O) groups is 2. The van der Waals surface area contributed by atoms with Crippen LogP contribution in [0.3, 0.4) is 0 Å². The van der Waals surface area contributed by atoms with E-state index in [1.165, 1.54) is 11.3 Å². The van der Waals surface area contributed by atoms with Gasteiger partial charge in [0.1, 0.15) is 0 Å². The number of rotatable bonds is 5. The van der Waals surface area contributed by atoms with Crippen molar-refractivity contribution < 1.29 is 14.3 Å². The molecule has 156 valence electrons. The van der Waals surface area contributed by atoms with Gasteiger partial charge in [0, 0.05) is 16.0 Å². The highest BCUT2D eigenvalue weighted by Gasteiger charge is 2.19. The smallest absolute Gasteiger partial charge is 0.339 e. The highest BCUT2D eigenvalue weighted by molar-refractivity contribution is 7.13. The molecule has 0 aliphatic heterocycles. The molecule has 0 fully saturated rings. The van der Waals surface area contributed by atoms with E-state index in [9.17, 15) is 9.59 Å². The highest BCUT2D eigenvalue weighted by atomic mass is 35.5. The minimum absolute atomic E-state index is 0.243. The summed E-state index contributed by atoms with van der Waals surface area (Å²) in [5.41, 5.74) is 5.11. The summed E-state index contributed by atoms with van der Waals surface area (Å²) in [6.45, 7) is 5.47. The molecule has 31 heavy (non-hydrogen) atoms. The summed E-state index contributed by atoms with van der Waals surface area (Å²) in [5, 5.41) is 3.17. The zero-order valence-corrected chi connectivity index (χ0v) is 18.9. The Bertz CT molecular complexity index is 1310. The van der Waals surface area contributed by atoms with Crippen LogP contribution in [0, 0.1) is 20.8 Å². The van der Waals surface area contributed by atoms with Gasteiger partial charge >= 0.3 is 5.97 Å². The standard InChI is InChI=1S/C25H20ClNO3S/c1-14-6-7-17(11-15(14)2)22(28)13-30-25(29)19-12-21(23-5-4-10-31-23)27-24-16(3)20(26)9-8-18(19)24/h4-12H,13H2,1-3H3. The Morgan fingerprint density at radius 2 is 1.84 bits per heavy atom. The van der Waals surface area contributed by atoms with Crippen LogP contribution in [-0.4, -0.2) is 23.3 Å². The fourth-order valence-corrected chi connectivity index (χ4v) is 4.17. The molecule has 4 aromatic rings. The molecular weight excluding hydrogens is 430 g/mol. The molecule has 0 bridgehead atoms. The van der Waals surface area contributed by atoms with Gasteiger partial charge in [0.15, 0.2) is 12.4 Å². The molecule has 6 heteroatoms. The molecule has 0 saturated heterocycles. The van der Waals surface area contributed by atoms with Crippen LogP contribution in [0.25, 0.3) is 21.5 Å². The highest BCUT2D eigenvalue weighted by Crippen LogP contribution is 2.32. The second-order valence-electron chi connectivity index (χ2n) is 7.40. The fourth-order valence-electron chi connectivity index (χ4n) is 3.33. The predicted octanol–water partition coefficient (Wildman–Crippen LogP) is 6.58. The van der Waals surface area contributed by atoms with Crippen LogP contribution in [0.5, 0.6) is 0 Å². The third-order valence-electron chi connectivity index (χ3n) is 5.33. The molecule has 4 rings (SSSR count). The topological polar surface area (TPSA) is 56.3 Å². The molecule has 0 radical (unpaired) electrons. The monoisotopic (exact) mass is 449 g/mol. The summed E-state index contributed by atoms with van der Waals surface area (Å²) in [6, 6.07) is 14.5. The summed E-state index contributed by atoms with van der Waals surface area (Å²) in [4.78, 5) is 31.2. The Morgan fingerprint density at radius 1 is 1.03 bits per heavy atom. The van der Waals surface area contributed by atoms with Crippen LogP contribution < -0.4 is 0 Å². The first-order valence-electron chi connectivity index (χ1n) is 9.76. The summed E-state index contributed by atoms with van der Waals surface area (Å²) >= 11 is 7.82. The molecule has 2 heterocycles. The number of aromatic nitrogens is 1. The van der Waals surface area contributed by atoms with Crippen molar-refractivity contribution in [3.05, 3.63) is 86.8 Å². The van der Waals surface area contributed by atoms with Crippen LogP contribution in [0.4, 0.5) is 0 Å². The number of nitrogens with zero attached hydrogens (tertiary/aromatic N) is 1. The first-order chi connectivity index (χ1) is 14.8. The molecule has 0 aliphatic carbocycles. The maximum Gasteiger partial charge on any atom is 0.339 e. The summed E-state index contributed by atoms with van der Waals surface area (Å²) in [6.07, 6.45) is 0. The number of ether oxygens (including phenoxy) is 1. The fraction of sp³-hybridized carbons (Fsp3) is 0.160. The number of hydrogen-bond donors (Lipinski definition) is 0. The van der Waals surface area contributed by atoms with Crippen LogP contribution in [0.15, 0.2) is 53.9 Å². The van der Waals surface area contributed by atoms with E-state index in [4.69, 9.17) is 21.3 Å². The molecule has 0 spiro atoms. The van der Waals surface area contributed by atoms with Crippen LogP contribution in [-0.2, 0) is 4.74 Å². The lowest BCUT2D eigenvalue weighted by Crippen LogP contribution is -2.15. The van der Waals surface area contributed by atoms with Crippen molar-refractivity contribution in [2.24, 2.45) is 0 Å². The molecule has 0 unspecified atom stereocenters. The van der Waals surface area contributed by atoms with Crippen molar-refractivity contribution in [3.63, 3.8) is 0 Å². The van der Waals surface area contributed by atoms with Crippen LogP contribution >= 0.6 is 22.9 Å². The van der Waals surface area contributed by atoms with Gasteiger partial charge in [0.05, 0.1) is 21.7 Å². The molecule has 4 nitrogen and oxygen atoms in total. The Kier molecular flexibility index (Phi) is 5.90. The zero-order chi connectivity index (χ0) is 22.1. The van der Waals surface area contributed by atoms with Crippen LogP contribution in [0.2, 0.25) is 5.02 Å². The average Bonchev–Trinajstić information content (AvgIpc) is 3.30. The first kappa shape index (κ1) is 21.2. The zero-order valence-electron chi connectivity index (χ0n) is 17.4. The van der Waals surface area contributed by atoms with Gasteiger partial charge < -0.3 is 4.74 Å². The van der Waals surface area contributed by atoms with E-state index in [1.54, 1.807) is 24.3 Å². The summed E-state index contributed by atoms with van der Waals surface area (Å²) in [5.74, 6) is -0.809. The number of fused-ring (bicyclic) bond motifs is 1. The van der Waals surface area contributed by atoms with E-state index in [2.05, 4.69) is 0 Å². The number of aryl methyl sites for hydroxylation is 3. The van der Waals surface area contributed by atoms with Crippen molar-refractivity contribution in [1.82, 2.24) is 4.98 Å². The van der Waals surface area contributed by atoms with Gasteiger partial charge in [-0.1, -0.05) is 35.9 Å². The second kappa shape index (κ2) is 8.61. The van der Waals surface area contributed by atoms with Gasteiger partial charge in [-0.15, -0.1) is 11.3 Å². The van der Waals surface area contributed by atoms with Crippen molar-refractivity contribution in [2.75, 3.05) is 6.61 Å². The third kappa shape index (κ3) is 4.24. The maximum absolute atomic E-state index is 13.0. The normalized spacial score (nSPS) is 11.0. The van der Waals surface area contributed by atoms with E-state index in [0.29, 0.717) is 32.7 Å². The summed E-state index contributed by atoms with van der Waals surface area (Å²) < 4.78 is 5.42. The lowest BCUT2D eigenvalue weighted by atomic mass is 10.0. The molecule has 0 atom stereocenters. The Morgan fingerprint density at radius 3 is 2.55 bits per heavy atom. The molecule has 2 aromatic heterocycles. The molecule has 0 amide bonds. The number of pyridine rings is 1. The third-order valence-corrected chi connectivity index (χ3v) is 6.63. The van der Waals surface area contributed by atoms with Gasteiger partial charge in [0.25, 0.3) is 0 Å². The van der Waals surface area contributed by atoms with E-state index < -0.39 is 5.97 Å². The SMILES string of the molecule is Cc1ccc(C(=O)COC(=O)c2cc(-c3cccs3)nc3c(C)c(Cl)ccc23)cc1C. The minimum atomic E-state index is -0.566. The molecule has 0 aliphatic rings. The van der Waals surface area contributed by atoms with E-state index in [-0.39, 0.29) is 12.4 Å². The van der Waals surface area contributed by atoms with E-state index in [0.717, 1.165) is 21.6 Å². The molecule has 2 aromatic carbocycles. The summed E-state index contributed by atoms with van der Waals surface area (Å²) in [7, 11) is 0.